The van der Waals surface area contributed by atoms with Gasteiger partial charge in [-0.05, 0) is 36.3 Å². The molecule has 0 aliphatic carbocycles. The van der Waals surface area contributed by atoms with E-state index in [9.17, 15) is 0 Å². The Balaban J connectivity index is 2.14. The molecule has 1 N–H and O–H groups in total. The van der Waals surface area contributed by atoms with Gasteiger partial charge in [-0.15, -0.1) is 0 Å². The van der Waals surface area contributed by atoms with E-state index >= 15 is 0 Å². The van der Waals surface area contributed by atoms with Gasteiger partial charge < -0.3 is 4.98 Å². The molecule has 0 saturated heterocycles. The smallest absolute Gasteiger partial charge is 0.179 e. The molecule has 0 atom stereocenters. The molecule has 0 unspecified atom stereocenters. The van der Waals surface area contributed by atoms with Crippen LogP contribution in [-0.2, 0) is 20.0 Å². The minimum atomic E-state index is 0.683. The summed E-state index contributed by atoms with van der Waals surface area (Å²) in [6.45, 7) is 2.77. The first-order chi connectivity index (χ1) is 9.60. The van der Waals surface area contributed by atoms with Crippen LogP contribution in [0.25, 0.3) is 11.2 Å². The van der Waals surface area contributed by atoms with Gasteiger partial charge in [0.15, 0.2) is 10.4 Å². The fourth-order valence-electron chi connectivity index (χ4n) is 2.49. The van der Waals surface area contributed by atoms with E-state index in [0.717, 1.165) is 33.9 Å². The number of imidazole rings is 1. The summed E-state index contributed by atoms with van der Waals surface area (Å²) in [7, 11) is 1.94. The number of aromatic amines is 1. The Bertz CT molecular complexity index is 827. The molecular formula is C14H15ClN4S. The molecule has 3 aromatic rings. The number of nitrogens with zero attached hydrogens (tertiary/aromatic N) is 3. The predicted molar refractivity (Wildman–Crippen MR) is 83.8 cm³/mol. The van der Waals surface area contributed by atoms with Crippen molar-refractivity contribution in [1.29, 1.82) is 0 Å². The summed E-state index contributed by atoms with van der Waals surface area (Å²) in [4.78, 5) is 3.26. The predicted octanol–water partition coefficient (Wildman–Crippen LogP) is 3.70. The summed E-state index contributed by atoms with van der Waals surface area (Å²) >= 11 is 11.5. The molecule has 0 radical (unpaired) electrons. The zero-order valence-electron chi connectivity index (χ0n) is 11.4. The molecule has 0 spiro atoms. The van der Waals surface area contributed by atoms with Gasteiger partial charge in [-0.25, -0.2) is 0 Å². The number of fused-ring (bicyclic) bond motifs is 1. The lowest BCUT2D eigenvalue weighted by Crippen LogP contribution is -2.04. The van der Waals surface area contributed by atoms with Crippen molar-refractivity contribution in [3.8, 4) is 0 Å². The second-order valence-corrected chi connectivity index (χ2v) is 5.59. The van der Waals surface area contributed by atoms with Gasteiger partial charge in [0.2, 0.25) is 0 Å². The third kappa shape index (κ3) is 2.17. The maximum atomic E-state index is 6.04. The topological polar surface area (TPSA) is 38.5 Å². The van der Waals surface area contributed by atoms with Gasteiger partial charge in [-0.3, -0.25) is 9.25 Å². The molecule has 6 heteroatoms. The third-order valence-corrected chi connectivity index (χ3v) is 3.94. The summed E-state index contributed by atoms with van der Waals surface area (Å²) in [5.74, 6) is 0. The van der Waals surface area contributed by atoms with E-state index < -0.39 is 0 Å². The molecule has 0 amide bonds. The van der Waals surface area contributed by atoms with Crippen molar-refractivity contribution in [2.45, 2.75) is 19.9 Å². The number of H-pyrrole nitrogens is 1. The van der Waals surface area contributed by atoms with Crippen LogP contribution in [0.4, 0.5) is 0 Å². The summed E-state index contributed by atoms with van der Waals surface area (Å²) in [5, 5.41) is 5.26. The van der Waals surface area contributed by atoms with Gasteiger partial charge in [0.1, 0.15) is 5.52 Å². The van der Waals surface area contributed by atoms with Crippen LogP contribution >= 0.6 is 23.8 Å². The van der Waals surface area contributed by atoms with Gasteiger partial charge in [0.05, 0.1) is 12.2 Å². The highest BCUT2D eigenvalue weighted by atomic mass is 35.5. The molecule has 20 heavy (non-hydrogen) atoms. The van der Waals surface area contributed by atoms with Crippen molar-refractivity contribution in [1.82, 2.24) is 19.3 Å². The van der Waals surface area contributed by atoms with Crippen molar-refractivity contribution < 1.29 is 0 Å². The summed E-state index contributed by atoms with van der Waals surface area (Å²) in [6, 6.07) is 7.82. The number of rotatable bonds is 3. The van der Waals surface area contributed by atoms with Crippen LogP contribution in [0.1, 0.15) is 18.2 Å². The van der Waals surface area contributed by atoms with Crippen LogP contribution in [0.3, 0.4) is 0 Å². The molecule has 2 aromatic heterocycles. The van der Waals surface area contributed by atoms with E-state index in [-0.39, 0.29) is 0 Å². The maximum Gasteiger partial charge on any atom is 0.179 e. The van der Waals surface area contributed by atoms with Crippen molar-refractivity contribution in [2.75, 3.05) is 0 Å². The second kappa shape index (κ2) is 5.07. The average molecular weight is 307 g/mol. The first-order valence-electron chi connectivity index (χ1n) is 6.49. The number of hydrogen-bond acceptors (Lipinski definition) is 2. The van der Waals surface area contributed by atoms with Crippen LogP contribution in [0.15, 0.2) is 24.3 Å². The first-order valence-corrected chi connectivity index (χ1v) is 7.27. The standard InChI is InChI=1S/C14H15ClN4S/c1-3-11-12-13(18(2)17-11)19(14(20)16-12)8-9-5-4-6-10(15)7-9/h4-7H,3,8H2,1-2H3,(H,16,20). The second-order valence-electron chi connectivity index (χ2n) is 4.77. The molecule has 2 heterocycles. The van der Waals surface area contributed by atoms with Crippen LogP contribution in [-0.4, -0.2) is 19.3 Å². The van der Waals surface area contributed by atoms with E-state index in [2.05, 4.69) is 21.6 Å². The minimum Gasteiger partial charge on any atom is -0.328 e. The Hall–Kier alpha value is -1.59. The molecule has 3 rings (SSSR count). The number of aromatic nitrogens is 4. The fourth-order valence-corrected chi connectivity index (χ4v) is 2.96. The number of nitrogens with one attached hydrogen (secondary N) is 1. The Morgan fingerprint density at radius 3 is 2.90 bits per heavy atom. The van der Waals surface area contributed by atoms with Crippen LogP contribution < -0.4 is 0 Å². The summed E-state index contributed by atoms with van der Waals surface area (Å²) in [5.41, 5.74) is 4.21. The van der Waals surface area contributed by atoms with Crippen LogP contribution in [0, 0.1) is 4.77 Å². The molecule has 0 saturated carbocycles. The number of halogens is 1. The molecule has 4 nitrogen and oxygen atoms in total. The highest BCUT2D eigenvalue weighted by Gasteiger charge is 2.14. The van der Waals surface area contributed by atoms with Gasteiger partial charge in [-0.2, -0.15) is 5.10 Å². The van der Waals surface area contributed by atoms with E-state index in [1.54, 1.807) is 0 Å². The minimum absolute atomic E-state index is 0.683. The molecular weight excluding hydrogens is 292 g/mol. The van der Waals surface area contributed by atoms with Crippen molar-refractivity contribution >= 4 is 35.0 Å². The van der Waals surface area contributed by atoms with E-state index in [1.807, 2.05) is 36.0 Å². The Labute approximate surface area is 127 Å². The average Bonchev–Trinajstić information content (AvgIpc) is 2.88. The zero-order valence-corrected chi connectivity index (χ0v) is 12.9. The number of aryl methyl sites for hydroxylation is 2. The lowest BCUT2D eigenvalue weighted by atomic mass is 10.2. The van der Waals surface area contributed by atoms with Crippen LogP contribution in [0.5, 0.6) is 0 Å². The SMILES string of the molecule is CCc1nn(C)c2c1[nH]c(=S)n2Cc1cccc(Cl)c1. The number of benzene rings is 1. The lowest BCUT2D eigenvalue weighted by Gasteiger charge is -2.05. The molecule has 104 valence electrons. The van der Waals surface area contributed by atoms with Crippen molar-refractivity contribution in [3.05, 3.63) is 45.3 Å². The monoisotopic (exact) mass is 306 g/mol. The van der Waals surface area contributed by atoms with E-state index in [0.29, 0.717) is 11.3 Å². The normalized spacial score (nSPS) is 11.3. The third-order valence-electron chi connectivity index (χ3n) is 3.39. The van der Waals surface area contributed by atoms with Crippen molar-refractivity contribution in [2.24, 2.45) is 7.05 Å². The summed E-state index contributed by atoms with van der Waals surface area (Å²) < 4.78 is 4.65. The Morgan fingerprint density at radius 1 is 1.40 bits per heavy atom. The Morgan fingerprint density at radius 2 is 2.20 bits per heavy atom. The Kier molecular flexibility index (Phi) is 3.40. The van der Waals surface area contributed by atoms with Crippen molar-refractivity contribution in [3.63, 3.8) is 0 Å². The van der Waals surface area contributed by atoms with Gasteiger partial charge in [0, 0.05) is 12.1 Å². The molecule has 0 aliphatic heterocycles. The van der Waals surface area contributed by atoms with E-state index in [4.69, 9.17) is 23.8 Å². The summed E-state index contributed by atoms with van der Waals surface area (Å²) in [6.07, 6.45) is 0.879. The highest BCUT2D eigenvalue weighted by molar-refractivity contribution is 7.71. The molecule has 1 aromatic carbocycles. The first kappa shape index (κ1) is 13.4. The fraction of sp³-hybridized carbons (Fsp3) is 0.286. The van der Waals surface area contributed by atoms with Crippen LogP contribution in [0.2, 0.25) is 5.02 Å². The number of hydrogen-bond donors (Lipinski definition) is 1. The largest absolute Gasteiger partial charge is 0.328 e. The quantitative estimate of drug-likeness (QED) is 0.749. The maximum absolute atomic E-state index is 6.04. The highest BCUT2D eigenvalue weighted by Crippen LogP contribution is 2.20. The molecule has 0 fully saturated rings. The molecule has 0 bridgehead atoms. The van der Waals surface area contributed by atoms with Gasteiger partial charge in [-0.1, -0.05) is 30.7 Å². The zero-order chi connectivity index (χ0) is 14.3. The van der Waals surface area contributed by atoms with E-state index in [1.165, 1.54) is 0 Å². The van der Waals surface area contributed by atoms with Gasteiger partial charge in [0.25, 0.3) is 0 Å². The van der Waals surface area contributed by atoms with Gasteiger partial charge >= 0.3 is 0 Å². The molecule has 0 aliphatic rings. The lowest BCUT2D eigenvalue weighted by molar-refractivity contribution is 0.709.